The lowest BCUT2D eigenvalue weighted by Gasteiger charge is -2.26. The highest BCUT2D eigenvalue weighted by Crippen LogP contribution is 2.14. The predicted octanol–water partition coefficient (Wildman–Crippen LogP) is 3.06. The molecule has 2 N–H and O–H groups in total. The number of hydrogen-bond donors (Lipinski definition) is 2. The number of hydrogen-bond acceptors (Lipinski definition) is 4. The minimum atomic E-state index is -0.206. The van der Waals surface area contributed by atoms with Crippen molar-refractivity contribution in [1.82, 2.24) is 20.0 Å². The first kappa shape index (κ1) is 20.4. The second kappa shape index (κ2) is 9.71. The Morgan fingerprint density at radius 1 is 1.18 bits per heavy atom. The largest absolute Gasteiger partial charge is 0.379 e. The predicted molar refractivity (Wildman–Crippen MR) is 110 cm³/mol. The van der Waals surface area contributed by atoms with Gasteiger partial charge in [-0.15, -0.1) is 0 Å². The lowest BCUT2D eigenvalue weighted by Crippen LogP contribution is -2.35. The number of nitrogens with one attached hydrogen (secondary N) is 2. The molecule has 1 aromatic carbocycles. The summed E-state index contributed by atoms with van der Waals surface area (Å²) < 4.78 is 7.39. The molecule has 7 heteroatoms. The van der Waals surface area contributed by atoms with Gasteiger partial charge in [0, 0.05) is 49.7 Å². The van der Waals surface area contributed by atoms with Crippen molar-refractivity contribution in [2.75, 3.05) is 31.6 Å². The molecule has 0 atom stereocenters. The number of aryl methyl sites for hydroxylation is 2. The van der Waals surface area contributed by atoms with Crippen LogP contribution < -0.4 is 10.6 Å². The van der Waals surface area contributed by atoms with Crippen LogP contribution in [0.25, 0.3) is 0 Å². The number of anilines is 1. The number of nitrogens with zero attached hydrogens (tertiary/aromatic N) is 3. The Kier molecular flexibility index (Phi) is 7.06. The fourth-order valence-corrected chi connectivity index (χ4v) is 3.47. The van der Waals surface area contributed by atoms with Crippen LogP contribution in [0.3, 0.4) is 0 Å². The third-order valence-electron chi connectivity index (χ3n) is 5.11. The molecule has 0 saturated carbocycles. The van der Waals surface area contributed by atoms with Crippen LogP contribution in [0.5, 0.6) is 0 Å². The summed E-state index contributed by atoms with van der Waals surface area (Å²) in [5, 5.41) is 10.4. The van der Waals surface area contributed by atoms with E-state index in [1.54, 1.807) is 0 Å². The molecule has 0 spiro atoms. The van der Waals surface area contributed by atoms with E-state index in [0.717, 1.165) is 68.5 Å². The molecular weight excluding hydrogens is 354 g/mol. The number of amides is 2. The summed E-state index contributed by atoms with van der Waals surface area (Å²) in [7, 11) is 0. The Labute approximate surface area is 167 Å². The molecule has 3 rings (SSSR count). The number of rotatable bonds is 7. The van der Waals surface area contributed by atoms with Crippen molar-refractivity contribution in [2.45, 2.75) is 46.8 Å². The van der Waals surface area contributed by atoms with Crippen LogP contribution in [0.15, 0.2) is 24.3 Å². The highest BCUT2D eigenvalue weighted by Gasteiger charge is 2.13. The standard InChI is InChI=1S/C21H31N5O2/c1-4-9-26-17(3)20(16(2)24-26)14-22-21(27)23-19-7-5-18(6-8-19)15-25-10-12-28-13-11-25/h5-8H,4,9-15H2,1-3H3,(H2,22,23,27). The number of aromatic nitrogens is 2. The molecule has 2 heterocycles. The summed E-state index contributed by atoms with van der Waals surface area (Å²) in [6.07, 6.45) is 1.04. The van der Waals surface area contributed by atoms with Crippen LogP contribution in [0.2, 0.25) is 0 Å². The van der Waals surface area contributed by atoms with Crippen molar-refractivity contribution in [3.05, 3.63) is 46.8 Å². The minimum absolute atomic E-state index is 0.206. The molecule has 28 heavy (non-hydrogen) atoms. The summed E-state index contributed by atoms with van der Waals surface area (Å²) in [6.45, 7) is 12.0. The number of carbonyl (C=O) groups excluding carboxylic acids is 1. The van der Waals surface area contributed by atoms with E-state index in [1.165, 1.54) is 5.56 Å². The van der Waals surface area contributed by atoms with Gasteiger partial charge in [0.25, 0.3) is 0 Å². The third-order valence-corrected chi connectivity index (χ3v) is 5.11. The van der Waals surface area contributed by atoms with Crippen molar-refractivity contribution in [2.24, 2.45) is 0 Å². The quantitative estimate of drug-likeness (QED) is 0.768. The van der Waals surface area contributed by atoms with Gasteiger partial charge in [0.1, 0.15) is 0 Å². The van der Waals surface area contributed by atoms with E-state index in [4.69, 9.17) is 4.74 Å². The zero-order valence-electron chi connectivity index (χ0n) is 17.1. The highest BCUT2D eigenvalue weighted by atomic mass is 16.5. The number of benzene rings is 1. The van der Waals surface area contributed by atoms with Gasteiger partial charge in [0.15, 0.2) is 0 Å². The Bertz CT molecular complexity index is 779. The van der Waals surface area contributed by atoms with Crippen LogP contribution >= 0.6 is 0 Å². The third kappa shape index (κ3) is 5.33. The molecule has 1 fully saturated rings. The first-order chi connectivity index (χ1) is 13.6. The maximum absolute atomic E-state index is 12.3. The van der Waals surface area contributed by atoms with Crippen LogP contribution in [-0.2, 0) is 24.4 Å². The van der Waals surface area contributed by atoms with E-state index in [0.29, 0.717) is 6.54 Å². The number of carbonyl (C=O) groups is 1. The molecule has 1 aromatic heterocycles. The lowest BCUT2D eigenvalue weighted by molar-refractivity contribution is 0.0342. The van der Waals surface area contributed by atoms with Crippen LogP contribution in [0.4, 0.5) is 10.5 Å². The van der Waals surface area contributed by atoms with Crippen LogP contribution in [-0.4, -0.2) is 47.0 Å². The Morgan fingerprint density at radius 3 is 2.57 bits per heavy atom. The van der Waals surface area contributed by atoms with Gasteiger partial charge in [-0.3, -0.25) is 9.58 Å². The second-order valence-electron chi connectivity index (χ2n) is 7.27. The van der Waals surface area contributed by atoms with E-state index >= 15 is 0 Å². The van der Waals surface area contributed by atoms with Crippen molar-refractivity contribution in [3.8, 4) is 0 Å². The summed E-state index contributed by atoms with van der Waals surface area (Å²) in [5.41, 5.74) is 5.20. The molecule has 0 unspecified atom stereocenters. The molecule has 0 aliphatic carbocycles. The van der Waals surface area contributed by atoms with Gasteiger partial charge < -0.3 is 15.4 Å². The smallest absolute Gasteiger partial charge is 0.319 e. The zero-order chi connectivity index (χ0) is 19.9. The van der Waals surface area contributed by atoms with E-state index in [2.05, 4.69) is 46.6 Å². The van der Waals surface area contributed by atoms with E-state index in [1.807, 2.05) is 23.7 Å². The maximum Gasteiger partial charge on any atom is 0.319 e. The van der Waals surface area contributed by atoms with Crippen molar-refractivity contribution in [1.29, 1.82) is 0 Å². The van der Waals surface area contributed by atoms with Gasteiger partial charge in [-0.25, -0.2) is 4.79 Å². The molecule has 7 nitrogen and oxygen atoms in total. The minimum Gasteiger partial charge on any atom is -0.379 e. The van der Waals surface area contributed by atoms with E-state index in [9.17, 15) is 4.79 Å². The zero-order valence-corrected chi connectivity index (χ0v) is 17.1. The molecule has 2 amide bonds. The van der Waals surface area contributed by atoms with Gasteiger partial charge in [-0.1, -0.05) is 19.1 Å². The molecular formula is C21H31N5O2. The summed E-state index contributed by atoms with van der Waals surface area (Å²) in [6, 6.07) is 7.82. The SMILES string of the molecule is CCCn1nc(C)c(CNC(=O)Nc2ccc(CN3CCOCC3)cc2)c1C. The molecule has 0 bridgehead atoms. The fourth-order valence-electron chi connectivity index (χ4n) is 3.47. The Hall–Kier alpha value is -2.38. The summed E-state index contributed by atoms with van der Waals surface area (Å²) >= 11 is 0. The highest BCUT2D eigenvalue weighted by molar-refractivity contribution is 5.89. The Balaban J connectivity index is 1.49. The molecule has 1 aliphatic heterocycles. The monoisotopic (exact) mass is 385 g/mol. The van der Waals surface area contributed by atoms with E-state index in [-0.39, 0.29) is 6.03 Å². The molecule has 2 aromatic rings. The van der Waals surface area contributed by atoms with Crippen molar-refractivity contribution < 1.29 is 9.53 Å². The molecule has 1 aliphatic rings. The average Bonchev–Trinajstić information content (AvgIpc) is 2.96. The maximum atomic E-state index is 12.3. The van der Waals surface area contributed by atoms with Crippen molar-refractivity contribution in [3.63, 3.8) is 0 Å². The topological polar surface area (TPSA) is 71.4 Å². The first-order valence-electron chi connectivity index (χ1n) is 10.0. The van der Waals surface area contributed by atoms with Gasteiger partial charge in [-0.2, -0.15) is 5.10 Å². The lowest BCUT2D eigenvalue weighted by atomic mass is 10.2. The number of morpholine rings is 1. The summed E-state index contributed by atoms with van der Waals surface area (Å²) in [5.74, 6) is 0. The molecule has 1 saturated heterocycles. The average molecular weight is 386 g/mol. The van der Waals surface area contributed by atoms with Gasteiger partial charge >= 0.3 is 6.03 Å². The first-order valence-corrected chi connectivity index (χ1v) is 10.0. The molecule has 0 radical (unpaired) electrons. The van der Waals surface area contributed by atoms with Crippen molar-refractivity contribution >= 4 is 11.7 Å². The fraction of sp³-hybridized carbons (Fsp3) is 0.524. The molecule has 152 valence electrons. The number of ether oxygens (including phenoxy) is 1. The van der Waals surface area contributed by atoms with E-state index < -0.39 is 0 Å². The van der Waals surface area contributed by atoms with Gasteiger partial charge in [0.2, 0.25) is 0 Å². The van der Waals surface area contributed by atoms with Gasteiger partial charge in [-0.05, 0) is 38.0 Å². The normalized spacial score (nSPS) is 14.8. The Morgan fingerprint density at radius 2 is 1.89 bits per heavy atom. The summed E-state index contributed by atoms with van der Waals surface area (Å²) in [4.78, 5) is 14.6. The number of urea groups is 1. The van der Waals surface area contributed by atoms with Crippen LogP contribution in [0, 0.1) is 13.8 Å². The van der Waals surface area contributed by atoms with Crippen LogP contribution in [0.1, 0.15) is 35.9 Å². The second-order valence-corrected chi connectivity index (χ2v) is 7.27. The van der Waals surface area contributed by atoms with Gasteiger partial charge in [0.05, 0.1) is 18.9 Å².